The van der Waals surface area contributed by atoms with E-state index >= 15 is 0 Å². The second kappa shape index (κ2) is 11.0. The SMILES string of the molecule is CCN(c1c(C)c(C(=O)NCC2C(=O)NC(C)CC2C)cc2c1c(C)nn2C)C1CCC(N(C)C)CC1. The van der Waals surface area contributed by atoms with Crippen LogP contribution in [0.2, 0.25) is 0 Å². The lowest BCUT2D eigenvalue weighted by Gasteiger charge is -2.40. The van der Waals surface area contributed by atoms with Crippen molar-refractivity contribution in [1.82, 2.24) is 25.3 Å². The zero-order valence-electron chi connectivity index (χ0n) is 24.0. The van der Waals surface area contributed by atoms with E-state index in [-0.39, 0.29) is 29.7 Å². The van der Waals surface area contributed by atoms with Crippen molar-refractivity contribution in [2.75, 3.05) is 32.1 Å². The van der Waals surface area contributed by atoms with Gasteiger partial charge in [-0.15, -0.1) is 0 Å². The van der Waals surface area contributed by atoms with Gasteiger partial charge in [0.25, 0.3) is 5.91 Å². The maximum atomic E-state index is 13.6. The van der Waals surface area contributed by atoms with E-state index in [9.17, 15) is 9.59 Å². The van der Waals surface area contributed by atoms with Gasteiger partial charge in [0.1, 0.15) is 0 Å². The molecule has 1 aliphatic carbocycles. The van der Waals surface area contributed by atoms with Gasteiger partial charge in [0.15, 0.2) is 0 Å². The van der Waals surface area contributed by atoms with Crippen molar-refractivity contribution < 1.29 is 9.59 Å². The van der Waals surface area contributed by atoms with Crippen molar-refractivity contribution in [3.8, 4) is 0 Å². The lowest BCUT2D eigenvalue weighted by molar-refractivity contribution is -0.129. The zero-order valence-corrected chi connectivity index (χ0v) is 24.0. The van der Waals surface area contributed by atoms with Gasteiger partial charge < -0.3 is 20.4 Å². The highest BCUT2D eigenvalue weighted by molar-refractivity contribution is 6.06. The number of carbonyl (C=O) groups is 2. The van der Waals surface area contributed by atoms with E-state index in [1.807, 2.05) is 24.7 Å². The van der Waals surface area contributed by atoms with Crippen LogP contribution in [-0.4, -0.2) is 71.8 Å². The fourth-order valence-electron chi connectivity index (χ4n) is 6.76. The highest BCUT2D eigenvalue weighted by atomic mass is 16.2. The largest absolute Gasteiger partial charge is 0.368 e. The van der Waals surface area contributed by atoms with Crippen molar-refractivity contribution in [2.45, 2.75) is 84.8 Å². The number of piperidine rings is 1. The average molecular weight is 511 g/mol. The molecular formula is C29H46N6O2. The Morgan fingerprint density at radius 1 is 1.16 bits per heavy atom. The summed E-state index contributed by atoms with van der Waals surface area (Å²) in [6.45, 7) is 11.7. The van der Waals surface area contributed by atoms with E-state index in [0.29, 0.717) is 24.2 Å². The molecule has 204 valence electrons. The number of benzene rings is 1. The van der Waals surface area contributed by atoms with E-state index in [1.165, 1.54) is 12.8 Å². The van der Waals surface area contributed by atoms with Gasteiger partial charge in [0.05, 0.1) is 22.8 Å². The van der Waals surface area contributed by atoms with Crippen LogP contribution in [0.4, 0.5) is 5.69 Å². The van der Waals surface area contributed by atoms with Crippen LogP contribution in [0.3, 0.4) is 0 Å². The fraction of sp³-hybridized carbons (Fsp3) is 0.690. The number of nitrogens with zero attached hydrogens (tertiary/aromatic N) is 4. The molecule has 1 aromatic carbocycles. The maximum absolute atomic E-state index is 13.6. The van der Waals surface area contributed by atoms with E-state index in [2.05, 4.69) is 62.2 Å². The molecule has 0 spiro atoms. The number of hydrogen-bond donors (Lipinski definition) is 2. The molecule has 1 aromatic heterocycles. The van der Waals surface area contributed by atoms with Crippen LogP contribution in [0.15, 0.2) is 6.07 Å². The summed E-state index contributed by atoms with van der Waals surface area (Å²) >= 11 is 0. The van der Waals surface area contributed by atoms with Crippen molar-refractivity contribution in [1.29, 1.82) is 0 Å². The molecule has 1 saturated heterocycles. The van der Waals surface area contributed by atoms with E-state index in [4.69, 9.17) is 5.10 Å². The highest BCUT2D eigenvalue weighted by Crippen LogP contribution is 2.39. The van der Waals surface area contributed by atoms with E-state index < -0.39 is 0 Å². The molecule has 2 aliphatic rings. The Labute approximate surface area is 222 Å². The molecule has 2 heterocycles. The summed E-state index contributed by atoms with van der Waals surface area (Å²) in [5, 5.41) is 12.0. The quantitative estimate of drug-likeness (QED) is 0.592. The molecule has 0 bridgehead atoms. The van der Waals surface area contributed by atoms with Crippen LogP contribution in [0, 0.1) is 25.7 Å². The molecule has 1 saturated carbocycles. The van der Waals surface area contributed by atoms with Crippen LogP contribution in [0.1, 0.15) is 74.5 Å². The summed E-state index contributed by atoms with van der Waals surface area (Å²) in [5.74, 6) is -0.0601. The number of carbonyl (C=O) groups excluding carboxylic acids is 2. The summed E-state index contributed by atoms with van der Waals surface area (Å²) in [4.78, 5) is 31.1. The van der Waals surface area contributed by atoms with Gasteiger partial charge in [0, 0.05) is 49.2 Å². The van der Waals surface area contributed by atoms with Crippen LogP contribution in [0.5, 0.6) is 0 Å². The molecule has 3 atom stereocenters. The fourth-order valence-corrected chi connectivity index (χ4v) is 6.76. The number of nitrogens with one attached hydrogen (secondary N) is 2. The number of fused-ring (bicyclic) bond motifs is 1. The number of anilines is 1. The minimum absolute atomic E-state index is 0.0344. The molecule has 37 heavy (non-hydrogen) atoms. The third-order valence-corrected chi connectivity index (χ3v) is 8.87. The lowest BCUT2D eigenvalue weighted by Crippen LogP contribution is -2.50. The van der Waals surface area contributed by atoms with Crippen LogP contribution in [0.25, 0.3) is 10.9 Å². The Kier molecular flexibility index (Phi) is 8.17. The lowest BCUT2D eigenvalue weighted by atomic mass is 9.84. The van der Waals surface area contributed by atoms with Gasteiger partial charge in [-0.05, 0) is 91.4 Å². The molecule has 2 amide bonds. The summed E-state index contributed by atoms with van der Waals surface area (Å²) in [5.41, 5.74) is 4.77. The molecule has 2 aromatic rings. The first-order valence-corrected chi connectivity index (χ1v) is 14.0. The van der Waals surface area contributed by atoms with Crippen molar-refractivity contribution in [2.24, 2.45) is 18.9 Å². The third-order valence-electron chi connectivity index (χ3n) is 8.87. The van der Waals surface area contributed by atoms with Crippen molar-refractivity contribution >= 4 is 28.4 Å². The van der Waals surface area contributed by atoms with Gasteiger partial charge in [-0.3, -0.25) is 14.3 Å². The van der Waals surface area contributed by atoms with Gasteiger partial charge in [-0.25, -0.2) is 0 Å². The standard InChI is InChI=1S/C29H46N6O2/c1-9-35(22-12-10-21(11-13-22)33(6)7)27-19(4)23(15-25-26(27)20(5)32-34(25)8)28(36)30-16-24-17(2)14-18(3)31-29(24)37/h15,17-18,21-22,24H,9-14,16H2,1-8H3,(H,30,36)(H,31,37). The van der Waals surface area contributed by atoms with E-state index in [0.717, 1.165) is 53.7 Å². The Hall–Kier alpha value is -2.61. The van der Waals surface area contributed by atoms with Gasteiger partial charge in [-0.1, -0.05) is 6.92 Å². The molecular weight excluding hydrogens is 464 g/mol. The third kappa shape index (κ3) is 5.35. The van der Waals surface area contributed by atoms with Gasteiger partial charge >= 0.3 is 0 Å². The first-order chi connectivity index (χ1) is 17.5. The summed E-state index contributed by atoms with van der Waals surface area (Å²) in [7, 11) is 6.30. The average Bonchev–Trinajstić information content (AvgIpc) is 3.12. The minimum atomic E-state index is -0.207. The number of aromatic nitrogens is 2. The van der Waals surface area contributed by atoms with Gasteiger partial charge in [-0.2, -0.15) is 5.10 Å². The molecule has 3 unspecified atom stereocenters. The summed E-state index contributed by atoms with van der Waals surface area (Å²) in [6, 6.07) is 3.24. The Morgan fingerprint density at radius 3 is 2.41 bits per heavy atom. The van der Waals surface area contributed by atoms with Crippen LogP contribution >= 0.6 is 0 Å². The summed E-state index contributed by atoms with van der Waals surface area (Å²) < 4.78 is 1.89. The molecule has 0 radical (unpaired) electrons. The second-order valence-corrected chi connectivity index (χ2v) is 11.7. The van der Waals surface area contributed by atoms with Crippen LogP contribution < -0.4 is 15.5 Å². The highest BCUT2D eigenvalue weighted by Gasteiger charge is 2.33. The Bertz CT molecular complexity index is 1150. The zero-order chi connectivity index (χ0) is 27.0. The monoisotopic (exact) mass is 510 g/mol. The van der Waals surface area contributed by atoms with Crippen LogP contribution in [-0.2, 0) is 11.8 Å². The number of amides is 2. The number of hydrogen-bond acceptors (Lipinski definition) is 5. The molecule has 1 aliphatic heterocycles. The predicted octanol–water partition coefficient (Wildman–Crippen LogP) is 3.78. The van der Waals surface area contributed by atoms with E-state index in [1.54, 1.807) is 0 Å². The summed E-state index contributed by atoms with van der Waals surface area (Å²) in [6.07, 6.45) is 5.57. The number of rotatable bonds is 7. The Balaban J connectivity index is 1.66. The molecule has 2 fully saturated rings. The first kappa shape index (κ1) is 27.4. The normalized spacial score (nSPS) is 26.4. The number of aryl methyl sites for hydroxylation is 2. The molecule has 2 N–H and O–H groups in total. The molecule has 8 nitrogen and oxygen atoms in total. The maximum Gasteiger partial charge on any atom is 0.251 e. The second-order valence-electron chi connectivity index (χ2n) is 11.7. The smallest absolute Gasteiger partial charge is 0.251 e. The van der Waals surface area contributed by atoms with Crippen molar-refractivity contribution in [3.63, 3.8) is 0 Å². The van der Waals surface area contributed by atoms with Gasteiger partial charge in [0.2, 0.25) is 5.91 Å². The predicted molar refractivity (Wildman–Crippen MR) is 150 cm³/mol. The topological polar surface area (TPSA) is 82.5 Å². The minimum Gasteiger partial charge on any atom is -0.368 e. The molecule has 8 heteroatoms. The van der Waals surface area contributed by atoms with Crippen molar-refractivity contribution in [3.05, 3.63) is 22.9 Å². The first-order valence-electron chi connectivity index (χ1n) is 14.0. The molecule has 4 rings (SSSR count). The Morgan fingerprint density at radius 2 is 1.81 bits per heavy atom.